The fraction of sp³-hybridized carbons (Fsp3) is 0.364. The van der Waals surface area contributed by atoms with Gasteiger partial charge in [0, 0.05) is 26.1 Å². The first kappa shape index (κ1) is 17.6. The average Bonchev–Trinajstić information content (AvgIpc) is 3.33. The molecule has 1 saturated heterocycles. The Labute approximate surface area is 159 Å². The lowest BCUT2D eigenvalue weighted by Gasteiger charge is -2.29. The van der Waals surface area contributed by atoms with Crippen molar-refractivity contribution in [2.75, 3.05) is 13.1 Å². The summed E-state index contributed by atoms with van der Waals surface area (Å²) in [5.41, 5.74) is 3.76. The van der Waals surface area contributed by atoms with E-state index >= 15 is 0 Å². The number of nitrogens with one attached hydrogen (secondary N) is 1. The number of carbonyl (C=O) groups is 2. The Hall–Kier alpha value is -2.82. The van der Waals surface area contributed by atoms with Crippen LogP contribution in [0, 0.1) is 5.92 Å². The van der Waals surface area contributed by atoms with E-state index in [1.807, 2.05) is 30.3 Å². The molecular weight excluding hydrogens is 338 g/mol. The molecule has 1 fully saturated rings. The smallest absolute Gasteiger partial charge is 0.332 e. The van der Waals surface area contributed by atoms with E-state index in [-0.39, 0.29) is 11.9 Å². The lowest BCUT2D eigenvalue weighted by molar-refractivity contribution is -0.141. The van der Waals surface area contributed by atoms with E-state index < -0.39 is 0 Å². The molecule has 0 atom stereocenters. The highest BCUT2D eigenvalue weighted by molar-refractivity contribution is 5.82. The number of fused-ring (bicyclic) bond motifs is 1. The van der Waals surface area contributed by atoms with Gasteiger partial charge in [-0.3, -0.25) is 9.80 Å². The third-order valence-corrected chi connectivity index (χ3v) is 5.44. The van der Waals surface area contributed by atoms with Crippen LogP contribution in [0.25, 0.3) is 0 Å². The molecule has 4 rings (SSSR count). The molecule has 1 aliphatic carbocycles. The van der Waals surface area contributed by atoms with Gasteiger partial charge >= 0.3 is 6.03 Å². The van der Waals surface area contributed by atoms with Gasteiger partial charge < -0.3 is 5.32 Å². The molecule has 0 spiro atoms. The number of nitrogens with zero attached hydrogens (tertiary/aromatic N) is 2. The van der Waals surface area contributed by atoms with E-state index in [1.165, 1.54) is 11.1 Å². The number of urea groups is 1. The van der Waals surface area contributed by atoms with E-state index in [1.54, 1.807) is 10.0 Å². The van der Waals surface area contributed by atoms with Crippen molar-refractivity contribution >= 4 is 11.9 Å². The van der Waals surface area contributed by atoms with Gasteiger partial charge in [0.05, 0.1) is 0 Å². The van der Waals surface area contributed by atoms with E-state index in [9.17, 15) is 9.59 Å². The molecule has 0 aromatic heterocycles. The van der Waals surface area contributed by atoms with Crippen molar-refractivity contribution in [3.8, 4) is 0 Å². The fourth-order valence-corrected chi connectivity index (χ4v) is 4.09. The van der Waals surface area contributed by atoms with E-state index in [0.717, 1.165) is 24.8 Å². The Morgan fingerprint density at radius 3 is 2.22 bits per heavy atom. The monoisotopic (exact) mass is 363 g/mol. The number of amides is 3. The summed E-state index contributed by atoms with van der Waals surface area (Å²) in [5, 5.41) is 6.15. The number of hydrogen-bond donors (Lipinski definition) is 1. The summed E-state index contributed by atoms with van der Waals surface area (Å²) >= 11 is 0. The Bertz CT molecular complexity index is 796. The Kier molecular flexibility index (Phi) is 5.10. The van der Waals surface area contributed by atoms with Crippen molar-refractivity contribution in [3.63, 3.8) is 0 Å². The second kappa shape index (κ2) is 7.82. The molecule has 2 aromatic rings. The summed E-state index contributed by atoms with van der Waals surface area (Å²) in [6.07, 6.45) is 3.23. The Balaban J connectivity index is 1.32. The minimum Gasteiger partial charge on any atom is -0.332 e. The lowest BCUT2D eigenvalue weighted by Crippen LogP contribution is -2.49. The predicted octanol–water partition coefficient (Wildman–Crippen LogP) is 3.15. The highest BCUT2D eigenvalue weighted by Crippen LogP contribution is 2.29. The van der Waals surface area contributed by atoms with Gasteiger partial charge in [-0.25, -0.2) is 9.80 Å². The van der Waals surface area contributed by atoms with Crippen LogP contribution in [0.2, 0.25) is 0 Å². The zero-order valence-electron chi connectivity index (χ0n) is 15.4. The maximum Gasteiger partial charge on any atom is 0.336 e. The molecule has 0 radical (unpaired) electrons. The van der Waals surface area contributed by atoms with Gasteiger partial charge in [0.15, 0.2) is 0 Å². The second-order valence-corrected chi connectivity index (χ2v) is 7.38. The zero-order chi connectivity index (χ0) is 18.6. The van der Waals surface area contributed by atoms with Gasteiger partial charge in [0.1, 0.15) is 0 Å². The van der Waals surface area contributed by atoms with Crippen LogP contribution in [0.5, 0.6) is 0 Å². The van der Waals surface area contributed by atoms with Crippen molar-refractivity contribution in [2.24, 2.45) is 5.92 Å². The molecule has 1 N–H and O–H groups in total. The third-order valence-electron chi connectivity index (χ3n) is 5.44. The molecule has 5 heteroatoms. The number of rotatable bonds is 4. The summed E-state index contributed by atoms with van der Waals surface area (Å²) in [7, 11) is 0. The Morgan fingerprint density at radius 1 is 0.889 bits per heavy atom. The van der Waals surface area contributed by atoms with Gasteiger partial charge in [-0.05, 0) is 41.9 Å². The normalized spacial score (nSPS) is 16.4. The highest BCUT2D eigenvalue weighted by Gasteiger charge is 2.33. The van der Waals surface area contributed by atoms with Gasteiger partial charge in [-0.15, -0.1) is 0 Å². The maximum atomic E-state index is 12.8. The van der Waals surface area contributed by atoms with Crippen LogP contribution in [-0.2, 0) is 24.2 Å². The number of hydrazine groups is 1. The van der Waals surface area contributed by atoms with Crippen molar-refractivity contribution in [1.82, 2.24) is 15.3 Å². The summed E-state index contributed by atoms with van der Waals surface area (Å²) < 4.78 is 0. The third kappa shape index (κ3) is 3.97. The van der Waals surface area contributed by atoms with E-state index in [0.29, 0.717) is 32.0 Å². The minimum atomic E-state index is -0.195. The standard InChI is InChI=1S/C22H25N3O2/c26-21(15-18-13-19-9-4-5-10-20(19)14-18)24-11-6-12-25(24)22(27)23-16-17-7-2-1-3-8-17/h1-5,7-10,18H,6,11-16H2,(H,23,27). The molecule has 27 heavy (non-hydrogen) atoms. The second-order valence-electron chi connectivity index (χ2n) is 7.38. The first-order chi connectivity index (χ1) is 13.2. The molecule has 0 unspecified atom stereocenters. The SMILES string of the molecule is O=C(CC1Cc2ccccc2C1)N1CCCN1C(=O)NCc1ccccc1. The largest absolute Gasteiger partial charge is 0.336 e. The first-order valence-corrected chi connectivity index (χ1v) is 9.67. The molecule has 3 amide bonds. The van der Waals surface area contributed by atoms with Crippen molar-refractivity contribution in [3.05, 3.63) is 71.3 Å². The van der Waals surface area contributed by atoms with Crippen molar-refractivity contribution < 1.29 is 9.59 Å². The van der Waals surface area contributed by atoms with Crippen LogP contribution in [0.3, 0.4) is 0 Å². The topological polar surface area (TPSA) is 52.7 Å². The maximum absolute atomic E-state index is 12.8. The Morgan fingerprint density at radius 2 is 1.52 bits per heavy atom. The summed E-state index contributed by atoms with van der Waals surface area (Å²) in [6.45, 7) is 1.69. The highest BCUT2D eigenvalue weighted by atomic mass is 16.2. The summed E-state index contributed by atoms with van der Waals surface area (Å²) in [4.78, 5) is 25.4. The van der Waals surface area contributed by atoms with E-state index in [4.69, 9.17) is 0 Å². The van der Waals surface area contributed by atoms with Gasteiger partial charge in [-0.1, -0.05) is 54.6 Å². The zero-order valence-corrected chi connectivity index (χ0v) is 15.4. The average molecular weight is 363 g/mol. The molecule has 1 aliphatic heterocycles. The molecule has 0 bridgehead atoms. The minimum absolute atomic E-state index is 0.0557. The summed E-state index contributed by atoms with van der Waals surface area (Å²) in [5.74, 6) is 0.393. The van der Waals surface area contributed by atoms with Crippen LogP contribution < -0.4 is 5.32 Å². The summed E-state index contributed by atoms with van der Waals surface area (Å²) in [6, 6.07) is 18.0. The number of benzene rings is 2. The fourth-order valence-electron chi connectivity index (χ4n) is 4.09. The molecule has 5 nitrogen and oxygen atoms in total. The number of hydrogen-bond acceptors (Lipinski definition) is 2. The van der Waals surface area contributed by atoms with Gasteiger partial charge in [0.2, 0.25) is 5.91 Å². The quantitative estimate of drug-likeness (QED) is 0.907. The molecule has 2 aliphatic rings. The predicted molar refractivity (Wildman–Crippen MR) is 104 cm³/mol. The van der Waals surface area contributed by atoms with Crippen LogP contribution in [0.4, 0.5) is 4.79 Å². The first-order valence-electron chi connectivity index (χ1n) is 9.67. The van der Waals surface area contributed by atoms with Crippen LogP contribution in [0.15, 0.2) is 54.6 Å². The molecule has 0 saturated carbocycles. The van der Waals surface area contributed by atoms with Crippen LogP contribution in [0.1, 0.15) is 29.5 Å². The van der Waals surface area contributed by atoms with Crippen molar-refractivity contribution in [2.45, 2.75) is 32.2 Å². The molecule has 140 valence electrons. The van der Waals surface area contributed by atoms with Crippen LogP contribution in [-0.4, -0.2) is 35.0 Å². The van der Waals surface area contributed by atoms with Gasteiger partial charge in [0.25, 0.3) is 0 Å². The molecule has 2 aromatic carbocycles. The number of carbonyl (C=O) groups excluding carboxylic acids is 2. The van der Waals surface area contributed by atoms with Crippen molar-refractivity contribution in [1.29, 1.82) is 0 Å². The van der Waals surface area contributed by atoms with Crippen LogP contribution >= 0.6 is 0 Å². The lowest BCUT2D eigenvalue weighted by atomic mass is 10.0. The van der Waals surface area contributed by atoms with Gasteiger partial charge in [-0.2, -0.15) is 0 Å². The molecule has 1 heterocycles. The molecular formula is C22H25N3O2. The van der Waals surface area contributed by atoms with E-state index in [2.05, 4.69) is 29.6 Å².